The molecule has 0 saturated carbocycles. The number of nitrogens with zero attached hydrogens (tertiary/aromatic N) is 2. The van der Waals surface area contributed by atoms with Gasteiger partial charge in [-0.3, -0.25) is 0 Å². The zero-order valence-electron chi connectivity index (χ0n) is 10.3. The van der Waals surface area contributed by atoms with Crippen LogP contribution in [-0.2, 0) is 6.42 Å². The Balaban J connectivity index is 1.93. The molecule has 1 N–H and O–H groups in total. The van der Waals surface area contributed by atoms with E-state index in [1.54, 1.807) is 6.20 Å². The lowest BCUT2D eigenvalue weighted by Gasteiger charge is -2.20. The van der Waals surface area contributed by atoms with E-state index in [9.17, 15) is 0 Å². The van der Waals surface area contributed by atoms with Crippen LogP contribution < -0.4 is 10.1 Å². The topological polar surface area (TPSA) is 47.0 Å². The number of hydrogen-bond acceptors (Lipinski definition) is 4. The van der Waals surface area contributed by atoms with Crippen LogP contribution in [-0.4, -0.2) is 16.7 Å². The zero-order valence-corrected chi connectivity index (χ0v) is 10.3. The first kappa shape index (κ1) is 11.0. The Morgan fingerprint density at radius 2 is 2.28 bits per heavy atom. The number of anilines is 1. The maximum atomic E-state index is 5.82. The van der Waals surface area contributed by atoms with Crippen molar-refractivity contribution in [3.05, 3.63) is 41.6 Å². The van der Waals surface area contributed by atoms with E-state index in [1.807, 2.05) is 25.1 Å². The van der Waals surface area contributed by atoms with Crippen molar-refractivity contribution in [3.63, 3.8) is 0 Å². The number of aryl methyl sites for hydroxylation is 2. The molecule has 0 bridgehead atoms. The van der Waals surface area contributed by atoms with E-state index in [-0.39, 0.29) is 0 Å². The molecule has 0 atom stereocenters. The van der Waals surface area contributed by atoms with E-state index in [1.165, 1.54) is 12.0 Å². The molecule has 0 spiro atoms. The molecule has 1 aliphatic rings. The largest absolute Gasteiger partial charge is 0.435 e. The molecule has 0 aliphatic carbocycles. The molecule has 92 valence electrons. The van der Waals surface area contributed by atoms with Crippen molar-refractivity contribution in [1.82, 2.24) is 10.2 Å². The maximum Gasteiger partial charge on any atom is 0.239 e. The summed E-state index contributed by atoms with van der Waals surface area (Å²) in [6, 6.07) is 8.00. The Morgan fingerprint density at radius 1 is 1.33 bits per heavy atom. The van der Waals surface area contributed by atoms with Crippen LogP contribution in [0.25, 0.3) is 0 Å². The van der Waals surface area contributed by atoms with E-state index in [0.29, 0.717) is 5.88 Å². The van der Waals surface area contributed by atoms with Crippen LogP contribution in [0.15, 0.2) is 30.5 Å². The van der Waals surface area contributed by atoms with E-state index in [4.69, 9.17) is 4.74 Å². The minimum Gasteiger partial charge on any atom is -0.435 e. The van der Waals surface area contributed by atoms with Gasteiger partial charge in [0.2, 0.25) is 5.88 Å². The summed E-state index contributed by atoms with van der Waals surface area (Å²) in [5.74, 6) is 1.36. The number of benzene rings is 1. The van der Waals surface area contributed by atoms with Gasteiger partial charge in [0, 0.05) is 12.6 Å². The fraction of sp³-hybridized carbons (Fsp3) is 0.286. The first-order valence-corrected chi connectivity index (χ1v) is 6.16. The average Bonchev–Trinajstić information content (AvgIpc) is 2.39. The zero-order chi connectivity index (χ0) is 12.4. The second kappa shape index (κ2) is 4.64. The molecule has 0 fully saturated rings. The summed E-state index contributed by atoms with van der Waals surface area (Å²) in [7, 11) is 0. The van der Waals surface area contributed by atoms with Gasteiger partial charge in [-0.25, -0.2) is 0 Å². The molecule has 0 amide bonds. The lowest BCUT2D eigenvalue weighted by molar-refractivity contribution is 0.455. The molecule has 2 aromatic rings. The van der Waals surface area contributed by atoms with Crippen LogP contribution in [0.1, 0.15) is 17.5 Å². The summed E-state index contributed by atoms with van der Waals surface area (Å²) in [6.07, 6.45) is 3.98. The second-order valence-electron chi connectivity index (χ2n) is 4.49. The third-order valence-electron chi connectivity index (χ3n) is 3.02. The highest BCUT2D eigenvalue weighted by Gasteiger charge is 2.14. The van der Waals surface area contributed by atoms with Gasteiger partial charge >= 0.3 is 0 Å². The number of nitrogens with one attached hydrogen (secondary N) is 1. The predicted molar refractivity (Wildman–Crippen MR) is 70.1 cm³/mol. The molecule has 18 heavy (non-hydrogen) atoms. The summed E-state index contributed by atoms with van der Waals surface area (Å²) in [5, 5.41) is 11.3. The van der Waals surface area contributed by atoms with Crippen molar-refractivity contribution >= 4 is 5.69 Å². The van der Waals surface area contributed by atoms with Gasteiger partial charge in [-0.2, -0.15) is 5.10 Å². The van der Waals surface area contributed by atoms with Crippen LogP contribution >= 0.6 is 0 Å². The van der Waals surface area contributed by atoms with Crippen LogP contribution in [0.2, 0.25) is 0 Å². The minimum atomic E-state index is 0.538. The highest BCUT2D eigenvalue weighted by Crippen LogP contribution is 2.34. The lowest BCUT2D eigenvalue weighted by Crippen LogP contribution is -2.12. The maximum absolute atomic E-state index is 5.82. The van der Waals surface area contributed by atoms with Crippen molar-refractivity contribution < 1.29 is 4.74 Å². The summed E-state index contributed by atoms with van der Waals surface area (Å²) in [5.41, 5.74) is 3.43. The lowest BCUT2D eigenvalue weighted by atomic mass is 10.0. The molecule has 3 rings (SSSR count). The first-order valence-electron chi connectivity index (χ1n) is 6.16. The summed E-state index contributed by atoms with van der Waals surface area (Å²) >= 11 is 0. The van der Waals surface area contributed by atoms with Gasteiger partial charge in [-0.15, -0.1) is 5.10 Å². The van der Waals surface area contributed by atoms with Crippen molar-refractivity contribution in [2.75, 3.05) is 11.9 Å². The van der Waals surface area contributed by atoms with Crippen LogP contribution in [0, 0.1) is 6.92 Å². The molecular formula is C14H15N3O. The predicted octanol–water partition coefficient (Wildman–Crippen LogP) is 2.94. The van der Waals surface area contributed by atoms with E-state index in [0.717, 1.165) is 30.0 Å². The second-order valence-corrected chi connectivity index (χ2v) is 4.49. The van der Waals surface area contributed by atoms with Crippen LogP contribution in [0.4, 0.5) is 5.69 Å². The molecule has 2 heterocycles. The first-order chi connectivity index (χ1) is 8.83. The van der Waals surface area contributed by atoms with Gasteiger partial charge in [-0.1, -0.05) is 12.1 Å². The van der Waals surface area contributed by atoms with E-state index < -0.39 is 0 Å². The van der Waals surface area contributed by atoms with Gasteiger partial charge in [0.25, 0.3) is 0 Å². The van der Waals surface area contributed by atoms with Crippen molar-refractivity contribution in [1.29, 1.82) is 0 Å². The van der Waals surface area contributed by atoms with Gasteiger partial charge in [0.05, 0.1) is 11.9 Å². The van der Waals surface area contributed by atoms with Crippen LogP contribution in [0.3, 0.4) is 0 Å². The molecule has 0 saturated heterocycles. The number of fused-ring (bicyclic) bond motifs is 1. The highest BCUT2D eigenvalue weighted by atomic mass is 16.5. The summed E-state index contributed by atoms with van der Waals surface area (Å²) < 4.78 is 5.82. The van der Waals surface area contributed by atoms with Crippen LogP contribution in [0.5, 0.6) is 11.6 Å². The number of ether oxygens (including phenoxy) is 1. The van der Waals surface area contributed by atoms with Gasteiger partial charge < -0.3 is 10.1 Å². The molecule has 1 aromatic carbocycles. The van der Waals surface area contributed by atoms with Crippen molar-refractivity contribution in [2.24, 2.45) is 0 Å². The van der Waals surface area contributed by atoms with E-state index >= 15 is 0 Å². The quantitative estimate of drug-likeness (QED) is 0.878. The summed E-state index contributed by atoms with van der Waals surface area (Å²) in [6.45, 7) is 2.97. The minimum absolute atomic E-state index is 0.538. The Labute approximate surface area is 106 Å². The summed E-state index contributed by atoms with van der Waals surface area (Å²) in [4.78, 5) is 0. The third kappa shape index (κ3) is 2.14. The van der Waals surface area contributed by atoms with Gasteiger partial charge in [0.15, 0.2) is 5.75 Å². The average molecular weight is 241 g/mol. The molecule has 4 nitrogen and oxygen atoms in total. The highest BCUT2D eigenvalue weighted by molar-refractivity contribution is 5.64. The molecular weight excluding hydrogens is 226 g/mol. The molecule has 0 unspecified atom stereocenters. The number of para-hydroxylation sites is 1. The Morgan fingerprint density at radius 3 is 3.17 bits per heavy atom. The Bertz CT molecular complexity index is 569. The number of rotatable bonds is 2. The van der Waals surface area contributed by atoms with Crippen molar-refractivity contribution in [2.45, 2.75) is 19.8 Å². The molecule has 0 radical (unpaired) electrons. The fourth-order valence-corrected chi connectivity index (χ4v) is 2.16. The smallest absolute Gasteiger partial charge is 0.239 e. The van der Waals surface area contributed by atoms with Crippen molar-refractivity contribution in [3.8, 4) is 11.6 Å². The standard InChI is InChI=1S/C14H15N3O/c1-10-8-13(17-16-9-10)18-12-6-2-4-11-5-3-7-15-14(11)12/h2,4,6,8-9,15H,3,5,7H2,1H3. The molecule has 1 aromatic heterocycles. The Hall–Kier alpha value is -2.10. The SMILES string of the molecule is Cc1cnnc(Oc2cccc3c2NCCC3)c1. The van der Waals surface area contributed by atoms with Gasteiger partial charge in [-0.05, 0) is 37.0 Å². The fourth-order valence-electron chi connectivity index (χ4n) is 2.16. The number of hydrogen-bond donors (Lipinski definition) is 1. The third-order valence-corrected chi connectivity index (χ3v) is 3.02. The molecule has 4 heteroatoms. The normalized spacial score (nSPS) is 13.6. The van der Waals surface area contributed by atoms with E-state index in [2.05, 4.69) is 21.6 Å². The Kier molecular flexibility index (Phi) is 2.84. The van der Waals surface area contributed by atoms with Gasteiger partial charge in [0.1, 0.15) is 0 Å². The number of aromatic nitrogens is 2. The molecule has 1 aliphatic heterocycles. The monoisotopic (exact) mass is 241 g/mol.